The third-order valence-electron chi connectivity index (χ3n) is 2.52. The van der Waals surface area contributed by atoms with Crippen molar-refractivity contribution in [3.05, 3.63) is 64.2 Å². The molecule has 0 aromatic heterocycles. The molecule has 0 spiro atoms. The van der Waals surface area contributed by atoms with Crippen molar-refractivity contribution in [2.24, 2.45) is 0 Å². The van der Waals surface area contributed by atoms with Crippen LogP contribution in [0.4, 0.5) is 5.69 Å². The number of amides is 2. The number of benzene rings is 1. The number of nitrogens with zero attached hydrogens (tertiary/aromatic N) is 1. The second kappa shape index (κ2) is 9.51. The molecule has 0 aliphatic carbocycles. The maximum atomic E-state index is 11.8. The second-order valence-corrected chi connectivity index (χ2v) is 4.30. The maximum absolute atomic E-state index is 11.8. The minimum atomic E-state index is -0.762. The van der Waals surface area contributed by atoms with Gasteiger partial charge < -0.3 is 4.74 Å². The second-order valence-electron chi connectivity index (χ2n) is 4.30. The molecule has 24 heavy (non-hydrogen) atoms. The highest BCUT2D eigenvalue weighted by Crippen LogP contribution is 2.12. The summed E-state index contributed by atoms with van der Waals surface area (Å²) in [5, 5.41) is 10.6. The Hall–Kier alpha value is -3.49. The van der Waals surface area contributed by atoms with Crippen LogP contribution in [-0.2, 0) is 14.3 Å². The van der Waals surface area contributed by atoms with E-state index >= 15 is 0 Å². The van der Waals surface area contributed by atoms with Crippen LogP contribution in [0.1, 0.15) is 17.3 Å². The Morgan fingerprint density at radius 2 is 2.00 bits per heavy atom. The molecule has 9 heteroatoms. The summed E-state index contributed by atoms with van der Waals surface area (Å²) >= 11 is 0. The SMILES string of the molecule is C/C=C/C=C/C(=O)OCC(=O)NNC(=O)c1cccc([N+](=O)[O-])c1. The van der Waals surface area contributed by atoms with Crippen molar-refractivity contribution in [3.8, 4) is 0 Å². The normalized spacial score (nSPS) is 10.5. The summed E-state index contributed by atoms with van der Waals surface area (Å²) in [4.78, 5) is 44.4. The number of esters is 1. The largest absolute Gasteiger partial charge is 0.452 e. The summed E-state index contributed by atoms with van der Waals surface area (Å²) in [6.45, 7) is 1.18. The third-order valence-corrected chi connectivity index (χ3v) is 2.52. The lowest BCUT2D eigenvalue weighted by Gasteiger charge is -2.07. The Morgan fingerprint density at radius 1 is 1.25 bits per heavy atom. The molecular weight excluding hydrogens is 318 g/mol. The number of ether oxygens (including phenoxy) is 1. The van der Waals surface area contributed by atoms with Crippen molar-refractivity contribution in [2.75, 3.05) is 6.61 Å². The van der Waals surface area contributed by atoms with E-state index in [4.69, 9.17) is 0 Å². The lowest BCUT2D eigenvalue weighted by atomic mass is 10.2. The number of rotatable bonds is 6. The number of carbonyl (C=O) groups excluding carboxylic acids is 3. The Bertz CT molecular complexity index is 696. The fourth-order valence-corrected chi connectivity index (χ4v) is 1.43. The first-order chi connectivity index (χ1) is 11.4. The van der Waals surface area contributed by atoms with Crippen molar-refractivity contribution in [1.82, 2.24) is 10.9 Å². The van der Waals surface area contributed by atoms with Crippen LogP contribution in [0.15, 0.2) is 48.6 Å². The summed E-state index contributed by atoms with van der Waals surface area (Å²) < 4.78 is 4.63. The highest BCUT2D eigenvalue weighted by molar-refractivity contribution is 5.96. The highest BCUT2D eigenvalue weighted by atomic mass is 16.6. The van der Waals surface area contributed by atoms with Crippen LogP contribution in [-0.4, -0.2) is 29.3 Å². The van der Waals surface area contributed by atoms with E-state index in [-0.39, 0.29) is 11.3 Å². The fourth-order valence-electron chi connectivity index (χ4n) is 1.43. The average Bonchev–Trinajstić information content (AvgIpc) is 2.58. The first-order valence-corrected chi connectivity index (χ1v) is 6.73. The molecular formula is C15H15N3O6. The molecule has 0 unspecified atom stereocenters. The van der Waals surface area contributed by atoms with Crippen molar-refractivity contribution >= 4 is 23.5 Å². The molecule has 0 heterocycles. The quantitative estimate of drug-likeness (QED) is 0.263. The molecule has 0 radical (unpaired) electrons. The number of hydrogen-bond donors (Lipinski definition) is 2. The summed E-state index contributed by atoms with van der Waals surface area (Å²) in [5.41, 5.74) is 3.83. The number of nitro benzene ring substituents is 1. The molecule has 0 fully saturated rings. The van der Waals surface area contributed by atoms with Crippen LogP contribution >= 0.6 is 0 Å². The number of non-ortho nitro benzene ring substituents is 1. The monoisotopic (exact) mass is 333 g/mol. The molecule has 126 valence electrons. The summed E-state index contributed by atoms with van der Waals surface area (Å²) in [5.74, 6) is -2.22. The number of hydrazine groups is 1. The van der Waals surface area contributed by atoms with Gasteiger partial charge in [0.2, 0.25) is 0 Å². The van der Waals surface area contributed by atoms with Gasteiger partial charge >= 0.3 is 5.97 Å². The van der Waals surface area contributed by atoms with Crippen molar-refractivity contribution in [2.45, 2.75) is 6.92 Å². The number of carbonyl (C=O) groups is 3. The molecule has 1 rings (SSSR count). The van der Waals surface area contributed by atoms with Crippen LogP contribution in [0.25, 0.3) is 0 Å². The smallest absolute Gasteiger partial charge is 0.331 e. The Kier molecular flexibility index (Phi) is 7.36. The zero-order valence-corrected chi connectivity index (χ0v) is 12.7. The van der Waals surface area contributed by atoms with Crippen LogP contribution in [0.5, 0.6) is 0 Å². The molecule has 0 bridgehead atoms. The van der Waals surface area contributed by atoms with E-state index in [9.17, 15) is 24.5 Å². The van der Waals surface area contributed by atoms with Gasteiger partial charge in [0.25, 0.3) is 17.5 Å². The zero-order chi connectivity index (χ0) is 17.9. The first-order valence-electron chi connectivity index (χ1n) is 6.73. The number of nitro groups is 1. The average molecular weight is 333 g/mol. The van der Waals surface area contributed by atoms with Crippen LogP contribution < -0.4 is 10.9 Å². The van der Waals surface area contributed by atoms with Crippen molar-refractivity contribution in [1.29, 1.82) is 0 Å². The summed E-state index contributed by atoms with van der Waals surface area (Å²) in [7, 11) is 0. The van der Waals surface area contributed by atoms with Gasteiger partial charge in [-0.25, -0.2) is 4.79 Å². The van der Waals surface area contributed by atoms with E-state index in [0.29, 0.717) is 0 Å². The minimum absolute atomic E-state index is 0.00391. The molecule has 0 aliphatic heterocycles. The predicted octanol–water partition coefficient (Wildman–Crippen LogP) is 1.03. The van der Waals surface area contributed by atoms with Gasteiger partial charge in [-0.1, -0.05) is 24.3 Å². The number of allylic oxidation sites excluding steroid dienone is 3. The van der Waals surface area contributed by atoms with E-state index in [1.807, 2.05) is 5.43 Å². The van der Waals surface area contributed by atoms with E-state index < -0.39 is 29.3 Å². The van der Waals surface area contributed by atoms with Crippen LogP contribution in [0.3, 0.4) is 0 Å². The summed E-state index contributed by atoms with van der Waals surface area (Å²) in [6.07, 6.45) is 5.90. The molecule has 1 aromatic rings. The third kappa shape index (κ3) is 6.52. The fraction of sp³-hybridized carbons (Fsp3) is 0.133. The molecule has 0 saturated heterocycles. The van der Waals surface area contributed by atoms with Gasteiger partial charge in [0.15, 0.2) is 6.61 Å². The lowest BCUT2D eigenvalue weighted by molar-refractivity contribution is -0.384. The molecule has 9 nitrogen and oxygen atoms in total. The van der Waals surface area contributed by atoms with Gasteiger partial charge in [0, 0.05) is 23.8 Å². The van der Waals surface area contributed by atoms with E-state index in [1.165, 1.54) is 24.3 Å². The van der Waals surface area contributed by atoms with Gasteiger partial charge in [-0.3, -0.25) is 30.6 Å². The Balaban J connectivity index is 2.44. The van der Waals surface area contributed by atoms with Crippen LogP contribution in [0, 0.1) is 10.1 Å². The molecule has 1 aromatic carbocycles. The molecule has 0 saturated carbocycles. The van der Waals surface area contributed by atoms with E-state index in [2.05, 4.69) is 10.2 Å². The molecule has 2 amide bonds. The zero-order valence-electron chi connectivity index (χ0n) is 12.7. The van der Waals surface area contributed by atoms with E-state index in [1.54, 1.807) is 19.1 Å². The summed E-state index contributed by atoms with van der Waals surface area (Å²) in [6, 6.07) is 4.98. The van der Waals surface area contributed by atoms with Gasteiger partial charge in [0.1, 0.15) is 0 Å². The Morgan fingerprint density at radius 3 is 2.67 bits per heavy atom. The van der Waals surface area contributed by atoms with Gasteiger partial charge in [-0.15, -0.1) is 0 Å². The molecule has 2 N–H and O–H groups in total. The van der Waals surface area contributed by atoms with E-state index in [0.717, 1.165) is 12.1 Å². The Labute approximate surface area is 137 Å². The maximum Gasteiger partial charge on any atom is 0.331 e. The predicted molar refractivity (Wildman–Crippen MR) is 83.6 cm³/mol. The number of hydrogen-bond acceptors (Lipinski definition) is 6. The first kappa shape index (κ1) is 18.6. The van der Waals surface area contributed by atoms with Gasteiger partial charge in [-0.2, -0.15) is 0 Å². The van der Waals surface area contributed by atoms with Crippen LogP contribution in [0.2, 0.25) is 0 Å². The minimum Gasteiger partial charge on any atom is -0.452 e. The highest BCUT2D eigenvalue weighted by Gasteiger charge is 2.12. The number of nitrogens with one attached hydrogen (secondary N) is 2. The standard InChI is InChI=1S/C15H15N3O6/c1-2-3-4-8-14(20)24-10-13(19)16-17-15(21)11-6-5-7-12(9-11)18(22)23/h2-9H,10H2,1H3,(H,16,19)(H,17,21)/b3-2+,8-4+. The molecule has 0 aliphatic rings. The lowest BCUT2D eigenvalue weighted by Crippen LogP contribution is -2.43. The van der Waals surface area contributed by atoms with Gasteiger partial charge in [-0.05, 0) is 13.0 Å². The molecule has 0 atom stereocenters. The van der Waals surface area contributed by atoms with Crippen molar-refractivity contribution < 1.29 is 24.0 Å². The van der Waals surface area contributed by atoms with Gasteiger partial charge in [0.05, 0.1) is 4.92 Å². The topological polar surface area (TPSA) is 128 Å². The van der Waals surface area contributed by atoms with Crippen molar-refractivity contribution in [3.63, 3.8) is 0 Å².